The quantitative estimate of drug-likeness (QED) is 0.766. The van der Waals surface area contributed by atoms with Crippen LogP contribution in [-0.4, -0.2) is 44.4 Å². The number of amides is 1. The first kappa shape index (κ1) is 15.3. The zero-order chi connectivity index (χ0) is 16.5. The minimum absolute atomic E-state index is 0.0176. The number of carbonyl (C=O) groups is 1. The number of piperidine rings is 1. The lowest BCUT2D eigenvalue weighted by Crippen LogP contribution is -2.39. The number of aromatic nitrogens is 3. The third-order valence-electron chi connectivity index (χ3n) is 4.67. The molecule has 0 spiro atoms. The molecule has 124 valence electrons. The molecule has 1 aliphatic heterocycles. The number of carbonyl (C=O) groups excluding carboxylic acids is 1. The molecule has 1 fully saturated rings. The summed E-state index contributed by atoms with van der Waals surface area (Å²) in [5.74, 6) is 0.231. The van der Waals surface area contributed by atoms with Crippen LogP contribution in [0, 0.1) is 5.92 Å². The second-order valence-electron chi connectivity index (χ2n) is 6.12. The Kier molecular flexibility index (Phi) is 4.03. The Balaban J connectivity index is 1.42. The van der Waals surface area contributed by atoms with E-state index in [1.165, 1.54) is 0 Å². The fraction of sp³-hybridized carbons (Fsp3) is 0.353. The van der Waals surface area contributed by atoms with Gasteiger partial charge in [0, 0.05) is 23.5 Å². The van der Waals surface area contributed by atoms with Crippen molar-refractivity contribution in [3.05, 3.63) is 46.2 Å². The van der Waals surface area contributed by atoms with Crippen molar-refractivity contribution < 1.29 is 9.90 Å². The van der Waals surface area contributed by atoms with Gasteiger partial charge >= 0.3 is 0 Å². The van der Waals surface area contributed by atoms with Gasteiger partial charge in [0.2, 0.25) is 0 Å². The zero-order valence-electron chi connectivity index (χ0n) is 13.1. The van der Waals surface area contributed by atoms with Gasteiger partial charge in [0.1, 0.15) is 11.0 Å². The summed E-state index contributed by atoms with van der Waals surface area (Å²) in [6.07, 6.45) is 1.21. The van der Waals surface area contributed by atoms with Crippen molar-refractivity contribution in [3.63, 3.8) is 0 Å². The largest absolute Gasteiger partial charge is 0.387 e. The molecule has 0 saturated carbocycles. The van der Waals surface area contributed by atoms with Crippen LogP contribution in [0.3, 0.4) is 0 Å². The molecule has 0 bridgehead atoms. The summed E-state index contributed by atoms with van der Waals surface area (Å²) < 4.78 is 0. The highest BCUT2D eigenvalue weighted by atomic mass is 32.1. The number of likely N-dealkylation sites (tertiary alicyclic amines) is 1. The summed E-state index contributed by atoms with van der Waals surface area (Å²) in [6, 6.07) is 9.30. The minimum atomic E-state index is -0.422. The average molecular weight is 342 g/mol. The molecule has 1 unspecified atom stereocenters. The van der Waals surface area contributed by atoms with Gasteiger partial charge in [0.15, 0.2) is 0 Å². The molecule has 6 nitrogen and oxygen atoms in total. The predicted octanol–water partition coefficient (Wildman–Crippen LogP) is 2.61. The number of hydrogen-bond donors (Lipinski definition) is 2. The third-order valence-corrected chi connectivity index (χ3v) is 5.61. The second kappa shape index (κ2) is 6.33. The Morgan fingerprint density at radius 1 is 1.25 bits per heavy atom. The molecule has 1 aliphatic rings. The standard InChI is InChI=1S/C17H18N4O2S/c22-16(15-2-1-9-24-15)11-5-7-21(8-6-11)17(23)12-3-4-13-14(10-12)19-20-18-13/h1-4,9-11,16,22H,5-8H2,(H,18,19,20). The summed E-state index contributed by atoms with van der Waals surface area (Å²) in [5, 5.41) is 23.0. The maximum Gasteiger partial charge on any atom is 0.253 e. The van der Waals surface area contributed by atoms with Crippen molar-refractivity contribution in [2.75, 3.05) is 13.1 Å². The first-order valence-electron chi connectivity index (χ1n) is 8.03. The summed E-state index contributed by atoms with van der Waals surface area (Å²) in [5.41, 5.74) is 2.09. The summed E-state index contributed by atoms with van der Waals surface area (Å²) in [4.78, 5) is 15.5. The van der Waals surface area contributed by atoms with Gasteiger partial charge in [-0.05, 0) is 48.4 Å². The van der Waals surface area contributed by atoms with Crippen molar-refractivity contribution in [1.82, 2.24) is 20.3 Å². The fourth-order valence-electron chi connectivity index (χ4n) is 3.27. The summed E-state index contributed by atoms with van der Waals surface area (Å²) in [7, 11) is 0. The van der Waals surface area contributed by atoms with Crippen molar-refractivity contribution in [2.45, 2.75) is 18.9 Å². The van der Waals surface area contributed by atoms with E-state index in [1.807, 2.05) is 22.4 Å². The molecule has 7 heteroatoms. The predicted molar refractivity (Wildman–Crippen MR) is 91.8 cm³/mol. The molecular formula is C17H18N4O2S. The van der Waals surface area contributed by atoms with E-state index < -0.39 is 6.10 Å². The highest BCUT2D eigenvalue weighted by Gasteiger charge is 2.29. The van der Waals surface area contributed by atoms with Gasteiger partial charge in [-0.25, -0.2) is 0 Å². The number of aliphatic hydroxyl groups is 1. The van der Waals surface area contributed by atoms with Gasteiger partial charge in [-0.2, -0.15) is 15.4 Å². The highest BCUT2D eigenvalue weighted by molar-refractivity contribution is 7.10. The van der Waals surface area contributed by atoms with Gasteiger partial charge in [0.25, 0.3) is 5.91 Å². The monoisotopic (exact) mass is 342 g/mol. The first-order valence-corrected chi connectivity index (χ1v) is 8.91. The van der Waals surface area contributed by atoms with Crippen molar-refractivity contribution >= 4 is 28.3 Å². The van der Waals surface area contributed by atoms with E-state index in [2.05, 4.69) is 15.4 Å². The lowest BCUT2D eigenvalue weighted by atomic mass is 9.90. The smallest absolute Gasteiger partial charge is 0.253 e. The zero-order valence-corrected chi connectivity index (χ0v) is 13.9. The number of aliphatic hydroxyl groups excluding tert-OH is 1. The number of rotatable bonds is 3. The normalized spacial score (nSPS) is 17.3. The molecule has 1 atom stereocenters. The van der Waals surface area contributed by atoms with Crippen LogP contribution in [-0.2, 0) is 0 Å². The number of nitrogens with zero attached hydrogens (tertiary/aromatic N) is 3. The van der Waals surface area contributed by atoms with Gasteiger partial charge in [0.05, 0.1) is 6.10 Å². The van der Waals surface area contributed by atoms with Gasteiger partial charge in [-0.15, -0.1) is 11.3 Å². The second-order valence-corrected chi connectivity index (χ2v) is 7.10. The molecule has 2 N–H and O–H groups in total. The maximum absolute atomic E-state index is 12.7. The lowest BCUT2D eigenvalue weighted by molar-refractivity contribution is 0.0474. The number of aromatic amines is 1. The van der Waals surface area contributed by atoms with Gasteiger partial charge in [-0.1, -0.05) is 6.07 Å². The molecule has 2 aromatic heterocycles. The van der Waals surface area contributed by atoms with E-state index in [9.17, 15) is 9.90 Å². The minimum Gasteiger partial charge on any atom is -0.387 e. The van der Waals surface area contributed by atoms with Crippen molar-refractivity contribution in [3.8, 4) is 0 Å². The Morgan fingerprint density at radius 2 is 2.04 bits per heavy atom. The van der Waals surface area contributed by atoms with Crippen LogP contribution >= 0.6 is 11.3 Å². The first-order chi connectivity index (χ1) is 11.7. The number of fused-ring (bicyclic) bond motifs is 1. The molecule has 24 heavy (non-hydrogen) atoms. The number of benzene rings is 1. The fourth-order valence-corrected chi connectivity index (χ4v) is 4.07. The molecule has 0 aliphatic carbocycles. The molecule has 3 aromatic rings. The summed E-state index contributed by atoms with van der Waals surface area (Å²) >= 11 is 1.58. The molecule has 1 amide bonds. The number of hydrogen-bond acceptors (Lipinski definition) is 5. The van der Waals surface area contributed by atoms with Crippen LogP contribution in [0.4, 0.5) is 0 Å². The molecule has 4 rings (SSSR count). The van der Waals surface area contributed by atoms with Crippen LogP contribution < -0.4 is 0 Å². The number of nitrogens with one attached hydrogen (secondary N) is 1. The molecule has 3 heterocycles. The van der Waals surface area contributed by atoms with Crippen LogP contribution in [0.15, 0.2) is 35.7 Å². The Hall–Kier alpha value is -2.25. The average Bonchev–Trinajstić information content (AvgIpc) is 3.31. The SMILES string of the molecule is O=C(c1ccc2n[nH]nc2c1)N1CCC(C(O)c2cccs2)CC1. The van der Waals surface area contributed by atoms with E-state index in [-0.39, 0.29) is 11.8 Å². The lowest BCUT2D eigenvalue weighted by Gasteiger charge is -2.34. The molecule has 1 saturated heterocycles. The Morgan fingerprint density at radius 3 is 2.79 bits per heavy atom. The third kappa shape index (κ3) is 2.81. The topological polar surface area (TPSA) is 82.1 Å². The van der Waals surface area contributed by atoms with Crippen molar-refractivity contribution in [1.29, 1.82) is 0 Å². The van der Waals surface area contributed by atoms with E-state index in [4.69, 9.17) is 0 Å². The van der Waals surface area contributed by atoms with E-state index >= 15 is 0 Å². The van der Waals surface area contributed by atoms with E-state index in [0.29, 0.717) is 24.2 Å². The molecule has 0 radical (unpaired) electrons. The van der Waals surface area contributed by atoms with E-state index in [0.717, 1.165) is 23.2 Å². The Labute approximate surface area is 143 Å². The van der Waals surface area contributed by atoms with E-state index in [1.54, 1.807) is 29.5 Å². The Bertz CT molecular complexity index is 837. The van der Waals surface area contributed by atoms with Crippen LogP contribution in [0.2, 0.25) is 0 Å². The molecule has 1 aromatic carbocycles. The molecular weight excluding hydrogens is 324 g/mol. The van der Waals surface area contributed by atoms with Crippen molar-refractivity contribution in [2.24, 2.45) is 5.92 Å². The number of H-pyrrole nitrogens is 1. The van der Waals surface area contributed by atoms with Crippen LogP contribution in [0.25, 0.3) is 11.0 Å². The highest BCUT2D eigenvalue weighted by Crippen LogP contribution is 2.33. The van der Waals surface area contributed by atoms with Crippen LogP contribution in [0.1, 0.15) is 34.2 Å². The van der Waals surface area contributed by atoms with Gasteiger partial charge in [-0.3, -0.25) is 4.79 Å². The van der Waals surface area contributed by atoms with Gasteiger partial charge < -0.3 is 10.0 Å². The number of thiophene rings is 1. The van der Waals surface area contributed by atoms with Crippen LogP contribution in [0.5, 0.6) is 0 Å². The summed E-state index contributed by atoms with van der Waals surface area (Å²) in [6.45, 7) is 1.34. The maximum atomic E-state index is 12.7.